The molecule has 2 amide bonds. The number of likely N-dealkylation sites (tertiary alicyclic amines) is 1. The van der Waals surface area contributed by atoms with E-state index in [1.807, 2.05) is 59.2 Å². The first kappa shape index (κ1) is 18.7. The fraction of sp³-hybridized carbons (Fsp3) is 0.391. The van der Waals surface area contributed by atoms with Crippen molar-refractivity contribution in [1.29, 1.82) is 0 Å². The zero-order chi connectivity index (χ0) is 19.5. The molecule has 2 aromatic carbocycles. The van der Waals surface area contributed by atoms with E-state index in [4.69, 9.17) is 4.74 Å². The number of hydrogen-bond acceptors (Lipinski definition) is 3. The van der Waals surface area contributed by atoms with Crippen LogP contribution in [0.2, 0.25) is 0 Å². The van der Waals surface area contributed by atoms with Crippen molar-refractivity contribution in [2.75, 3.05) is 39.4 Å². The first-order valence-corrected chi connectivity index (χ1v) is 9.91. The minimum Gasteiger partial charge on any atom is -0.378 e. The van der Waals surface area contributed by atoms with Gasteiger partial charge in [-0.2, -0.15) is 0 Å². The molecular weight excluding hydrogens is 352 g/mol. The molecule has 2 heterocycles. The number of aryl methyl sites for hydroxylation is 1. The van der Waals surface area contributed by atoms with Gasteiger partial charge in [0.05, 0.1) is 19.1 Å². The molecule has 4 rings (SSSR count). The second-order valence-corrected chi connectivity index (χ2v) is 7.59. The minimum absolute atomic E-state index is 0.0105. The normalized spacial score (nSPS) is 22.3. The second kappa shape index (κ2) is 8.15. The number of rotatable bonds is 3. The molecule has 5 nitrogen and oxygen atoms in total. The van der Waals surface area contributed by atoms with Gasteiger partial charge in [0.1, 0.15) is 0 Å². The van der Waals surface area contributed by atoms with E-state index in [0.717, 1.165) is 11.1 Å². The van der Waals surface area contributed by atoms with E-state index < -0.39 is 0 Å². The van der Waals surface area contributed by atoms with Crippen molar-refractivity contribution < 1.29 is 14.3 Å². The van der Waals surface area contributed by atoms with E-state index in [9.17, 15) is 9.59 Å². The zero-order valence-electron chi connectivity index (χ0n) is 16.2. The summed E-state index contributed by atoms with van der Waals surface area (Å²) in [5.74, 6) is -0.0495. The van der Waals surface area contributed by atoms with E-state index in [2.05, 4.69) is 12.1 Å². The van der Waals surface area contributed by atoms with E-state index in [1.54, 1.807) is 0 Å². The number of carbonyl (C=O) groups is 2. The van der Waals surface area contributed by atoms with E-state index >= 15 is 0 Å². The highest BCUT2D eigenvalue weighted by atomic mass is 16.5. The molecule has 2 aliphatic heterocycles. The first-order chi connectivity index (χ1) is 13.6. The van der Waals surface area contributed by atoms with Crippen molar-refractivity contribution >= 4 is 11.8 Å². The summed E-state index contributed by atoms with van der Waals surface area (Å²) in [4.78, 5) is 30.2. The molecule has 0 aromatic heterocycles. The lowest BCUT2D eigenvalue weighted by atomic mass is 9.88. The maximum Gasteiger partial charge on any atom is 0.254 e. The van der Waals surface area contributed by atoms with Crippen LogP contribution in [-0.4, -0.2) is 61.0 Å². The fourth-order valence-corrected chi connectivity index (χ4v) is 4.26. The van der Waals surface area contributed by atoms with Gasteiger partial charge in [-0.1, -0.05) is 48.5 Å². The summed E-state index contributed by atoms with van der Waals surface area (Å²) in [5, 5.41) is 0. The largest absolute Gasteiger partial charge is 0.378 e. The predicted molar refractivity (Wildman–Crippen MR) is 107 cm³/mol. The molecule has 0 bridgehead atoms. The van der Waals surface area contributed by atoms with Gasteiger partial charge >= 0.3 is 0 Å². The third-order valence-electron chi connectivity index (χ3n) is 5.85. The third-order valence-corrected chi connectivity index (χ3v) is 5.85. The van der Waals surface area contributed by atoms with Gasteiger partial charge < -0.3 is 14.5 Å². The van der Waals surface area contributed by atoms with Crippen molar-refractivity contribution in [2.24, 2.45) is 5.92 Å². The number of amides is 2. The van der Waals surface area contributed by atoms with Gasteiger partial charge in [-0.3, -0.25) is 9.59 Å². The highest BCUT2D eigenvalue weighted by Crippen LogP contribution is 2.35. The van der Waals surface area contributed by atoms with Crippen LogP contribution in [0.4, 0.5) is 0 Å². The van der Waals surface area contributed by atoms with Crippen LogP contribution < -0.4 is 0 Å². The Hall–Kier alpha value is -2.66. The maximum atomic E-state index is 13.3. The van der Waals surface area contributed by atoms with Gasteiger partial charge in [-0.25, -0.2) is 0 Å². The SMILES string of the molecule is Cc1ccccc1C(=O)N1CC(C(=O)N2CCOCC2)C(c2ccccc2)C1. The van der Waals surface area contributed by atoms with Crippen molar-refractivity contribution in [3.05, 3.63) is 71.3 Å². The molecule has 0 saturated carbocycles. The van der Waals surface area contributed by atoms with Gasteiger partial charge in [-0.05, 0) is 24.1 Å². The summed E-state index contributed by atoms with van der Waals surface area (Å²) in [5.41, 5.74) is 2.80. The van der Waals surface area contributed by atoms with Crippen LogP contribution in [0, 0.1) is 12.8 Å². The molecule has 28 heavy (non-hydrogen) atoms. The Bertz CT molecular complexity index is 846. The minimum atomic E-state index is -0.214. The Morgan fingerprint density at radius 2 is 1.57 bits per heavy atom. The maximum absolute atomic E-state index is 13.3. The summed E-state index contributed by atoms with van der Waals surface area (Å²) < 4.78 is 5.40. The highest BCUT2D eigenvalue weighted by Gasteiger charge is 2.42. The van der Waals surface area contributed by atoms with E-state index in [0.29, 0.717) is 45.0 Å². The van der Waals surface area contributed by atoms with Crippen LogP contribution in [0.15, 0.2) is 54.6 Å². The molecule has 5 heteroatoms. The lowest BCUT2D eigenvalue weighted by Crippen LogP contribution is -2.45. The monoisotopic (exact) mass is 378 g/mol. The number of benzene rings is 2. The van der Waals surface area contributed by atoms with Crippen LogP contribution in [-0.2, 0) is 9.53 Å². The van der Waals surface area contributed by atoms with Crippen LogP contribution in [0.3, 0.4) is 0 Å². The predicted octanol–water partition coefficient (Wildman–Crippen LogP) is 2.71. The van der Waals surface area contributed by atoms with Crippen LogP contribution >= 0.6 is 0 Å². The van der Waals surface area contributed by atoms with Crippen LogP contribution in [0.25, 0.3) is 0 Å². The second-order valence-electron chi connectivity index (χ2n) is 7.59. The lowest BCUT2D eigenvalue weighted by Gasteiger charge is -2.30. The molecule has 146 valence electrons. The van der Waals surface area contributed by atoms with Gasteiger partial charge in [0.25, 0.3) is 5.91 Å². The van der Waals surface area contributed by atoms with Crippen molar-refractivity contribution in [2.45, 2.75) is 12.8 Å². The highest BCUT2D eigenvalue weighted by molar-refractivity contribution is 5.96. The topological polar surface area (TPSA) is 49.9 Å². The molecular formula is C23H26N2O3. The summed E-state index contributed by atoms with van der Waals surface area (Å²) in [6.45, 7) is 5.40. The molecule has 2 aliphatic rings. The Labute approximate surface area is 165 Å². The lowest BCUT2D eigenvalue weighted by molar-refractivity contribution is -0.139. The van der Waals surface area contributed by atoms with Crippen molar-refractivity contribution in [1.82, 2.24) is 9.80 Å². The fourth-order valence-electron chi connectivity index (χ4n) is 4.26. The van der Waals surface area contributed by atoms with Crippen LogP contribution in [0.1, 0.15) is 27.4 Å². The summed E-state index contributed by atoms with van der Waals surface area (Å²) in [6.07, 6.45) is 0. The Kier molecular flexibility index (Phi) is 5.44. The van der Waals surface area contributed by atoms with Gasteiger partial charge in [0, 0.05) is 37.7 Å². The number of ether oxygens (including phenoxy) is 1. The quantitative estimate of drug-likeness (QED) is 0.825. The molecule has 0 aliphatic carbocycles. The standard InChI is InChI=1S/C23H26N2O3/c1-17-7-5-6-10-19(17)22(26)25-15-20(18-8-3-2-4-9-18)21(16-25)23(27)24-11-13-28-14-12-24/h2-10,20-21H,11-16H2,1H3. The number of nitrogens with zero attached hydrogens (tertiary/aromatic N) is 2. The average Bonchev–Trinajstić information content (AvgIpc) is 3.20. The number of carbonyl (C=O) groups excluding carboxylic acids is 2. The zero-order valence-corrected chi connectivity index (χ0v) is 16.2. The first-order valence-electron chi connectivity index (χ1n) is 9.91. The Morgan fingerprint density at radius 3 is 2.29 bits per heavy atom. The van der Waals surface area contributed by atoms with Crippen LogP contribution in [0.5, 0.6) is 0 Å². The van der Waals surface area contributed by atoms with E-state index in [-0.39, 0.29) is 23.7 Å². The Balaban J connectivity index is 1.60. The number of morpholine rings is 1. The molecule has 0 N–H and O–H groups in total. The Morgan fingerprint density at radius 1 is 0.893 bits per heavy atom. The van der Waals surface area contributed by atoms with E-state index in [1.165, 1.54) is 0 Å². The molecule has 2 saturated heterocycles. The molecule has 2 fully saturated rings. The van der Waals surface area contributed by atoms with Gasteiger partial charge in [0.2, 0.25) is 5.91 Å². The summed E-state index contributed by atoms with van der Waals surface area (Å²) >= 11 is 0. The average molecular weight is 378 g/mol. The molecule has 0 radical (unpaired) electrons. The van der Waals surface area contributed by atoms with Crippen molar-refractivity contribution in [3.8, 4) is 0 Å². The smallest absolute Gasteiger partial charge is 0.254 e. The van der Waals surface area contributed by atoms with Gasteiger partial charge in [-0.15, -0.1) is 0 Å². The molecule has 2 unspecified atom stereocenters. The van der Waals surface area contributed by atoms with Crippen molar-refractivity contribution in [3.63, 3.8) is 0 Å². The molecule has 2 aromatic rings. The summed E-state index contributed by atoms with van der Waals surface area (Å²) in [7, 11) is 0. The molecule has 2 atom stereocenters. The third kappa shape index (κ3) is 3.67. The molecule has 0 spiro atoms. The van der Waals surface area contributed by atoms with Gasteiger partial charge in [0.15, 0.2) is 0 Å². The summed E-state index contributed by atoms with van der Waals surface area (Å²) in [6, 6.07) is 17.7. The number of hydrogen-bond donors (Lipinski definition) is 0.